The Hall–Kier alpha value is -2.64. The molecular weight excluding hydrogens is 389 g/mol. The first-order valence-corrected chi connectivity index (χ1v) is 16.6. The average Bonchev–Trinajstić information content (AvgIpc) is 2.65. The summed E-state index contributed by atoms with van der Waals surface area (Å²) in [6.45, 7) is 2.14. The van der Waals surface area contributed by atoms with Gasteiger partial charge in [-0.25, -0.2) is 0 Å². The molecule has 3 heteroatoms. The number of fused-ring (bicyclic) bond motifs is 2. The first-order chi connectivity index (χ1) is 12.9. The second-order valence-corrected chi connectivity index (χ2v) is 18.7. The number of nitrogens with zero attached hydrogens (tertiary/aromatic N) is 2. The molecular formula is C24H22GeN2. The van der Waals surface area contributed by atoms with E-state index in [-0.39, 0.29) is 0 Å². The minimum absolute atomic E-state index is 0.697. The molecule has 0 amide bonds. The number of pyridine rings is 1. The molecule has 3 aromatic carbocycles. The van der Waals surface area contributed by atoms with Crippen molar-refractivity contribution < 1.29 is 0 Å². The molecule has 4 aromatic rings. The third-order valence-electron chi connectivity index (χ3n) is 5.11. The molecule has 0 atom stereocenters. The predicted molar refractivity (Wildman–Crippen MR) is 117 cm³/mol. The van der Waals surface area contributed by atoms with Gasteiger partial charge in [-0.05, 0) is 0 Å². The van der Waals surface area contributed by atoms with Crippen molar-refractivity contribution in [3.8, 4) is 17.3 Å². The zero-order valence-electron chi connectivity index (χ0n) is 16.2. The van der Waals surface area contributed by atoms with Gasteiger partial charge >= 0.3 is 163 Å². The van der Waals surface area contributed by atoms with Crippen LogP contribution in [0.2, 0.25) is 17.3 Å². The van der Waals surface area contributed by atoms with Gasteiger partial charge in [0.15, 0.2) is 0 Å². The summed E-state index contributed by atoms with van der Waals surface area (Å²) in [4.78, 5) is 4.89. The molecule has 1 heterocycles. The molecule has 1 aromatic heterocycles. The van der Waals surface area contributed by atoms with Gasteiger partial charge in [-0.2, -0.15) is 0 Å². The van der Waals surface area contributed by atoms with Crippen LogP contribution in [0.1, 0.15) is 11.1 Å². The van der Waals surface area contributed by atoms with Crippen LogP contribution in [0.3, 0.4) is 0 Å². The van der Waals surface area contributed by atoms with Crippen LogP contribution in [-0.2, 0) is 0 Å². The number of rotatable bonds is 2. The number of hydrogen-bond donors (Lipinski definition) is 0. The van der Waals surface area contributed by atoms with Gasteiger partial charge in [-0.1, -0.05) is 0 Å². The summed E-state index contributed by atoms with van der Waals surface area (Å²) in [5.74, 6) is 7.22. The Labute approximate surface area is 162 Å². The normalized spacial score (nSPS) is 11.7. The molecule has 0 fully saturated rings. The van der Waals surface area contributed by atoms with Crippen LogP contribution in [0.5, 0.6) is 0 Å². The van der Waals surface area contributed by atoms with E-state index in [9.17, 15) is 5.26 Å². The summed E-state index contributed by atoms with van der Waals surface area (Å²) >= 11 is -2.06. The predicted octanol–water partition coefficient (Wildman–Crippen LogP) is 5.78. The van der Waals surface area contributed by atoms with Crippen molar-refractivity contribution in [3.63, 3.8) is 0 Å². The standard InChI is InChI=1S/C24H22GeN2/c1-16-9-10-21-22(11-16)23(25(2,3)4)15-27-24(21)18-12-17-7-5-6-8-20(17)19(13-18)14-26/h5-13,15H,1-4H3. The van der Waals surface area contributed by atoms with E-state index in [0.717, 1.165) is 22.0 Å². The fourth-order valence-electron chi connectivity index (χ4n) is 3.72. The van der Waals surface area contributed by atoms with Gasteiger partial charge in [0.05, 0.1) is 0 Å². The van der Waals surface area contributed by atoms with E-state index < -0.39 is 13.3 Å². The molecule has 132 valence electrons. The van der Waals surface area contributed by atoms with Crippen LogP contribution in [0.15, 0.2) is 60.8 Å². The second-order valence-electron chi connectivity index (χ2n) is 8.18. The Morgan fingerprint density at radius 2 is 1.67 bits per heavy atom. The molecule has 0 N–H and O–H groups in total. The van der Waals surface area contributed by atoms with Crippen molar-refractivity contribution in [2.75, 3.05) is 0 Å². The van der Waals surface area contributed by atoms with E-state index in [0.29, 0.717) is 5.56 Å². The van der Waals surface area contributed by atoms with Gasteiger partial charge in [-0.3, -0.25) is 0 Å². The third kappa shape index (κ3) is 3.13. The molecule has 27 heavy (non-hydrogen) atoms. The molecule has 0 bridgehead atoms. The van der Waals surface area contributed by atoms with Crippen LogP contribution in [0.4, 0.5) is 0 Å². The first kappa shape index (κ1) is 17.8. The van der Waals surface area contributed by atoms with E-state index in [1.165, 1.54) is 20.7 Å². The van der Waals surface area contributed by atoms with E-state index in [4.69, 9.17) is 4.98 Å². The Balaban J connectivity index is 2.06. The van der Waals surface area contributed by atoms with E-state index in [2.05, 4.69) is 66.8 Å². The van der Waals surface area contributed by atoms with Crippen molar-refractivity contribution in [1.82, 2.24) is 4.98 Å². The Bertz CT molecular complexity index is 1230. The number of aromatic nitrogens is 1. The van der Waals surface area contributed by atoms with Crippen LogP contribution in [0, 0.1) is 18.3 Å². The van der Waals surface area contributed by atoms with Crippen molar-refractivity contribution in [2.45, 2.75) is 24.2 Å². The SMILES string of the molecule is Cc1ccc2c(-c3cc(C#N)c4ccccc4c3)nc[c]([Ge]([CH3])([CH3])[CH3])c2c1. The van der Waals surface area contributed by atoms with E-state index >= 15 is 0 Å². The van der Waals surface area contributed by atoms with Crippen molar-refractivity contribution in [2.24, 2.45) is 0 Å². The van der Waals surface area contributed by atoms with Gasteiger partial charge in [0.25, 0.3) is 0 Å². The quantitative estimate of drug-likeness (QED) is 0.392. The molecule has 2 nitrogen and oxygen atoms in total. The molecule has 4 rings (SSSR count). The van der Waals surface area contributed by atoms with Gasteiger partial charge in [0.1, 0.15) is 0 Å². The molecule has 0 unspecified atom stereocenters. The summed E-state index contributed by atoms with van der Waals surface area (Å²) in [7, 11) is 0. The molecule has 0 saturated heterocycles. The van der Waals surface area contributed by atoms with Gasteiger partial charge < -0.3 is 0 Å². The molecule has 0 spiro atoms. The molecule has 0 saturated carbocycles. The monoisotopic (exact) mass is 412 g/mol. The summed E-state index contributed by atoms with van der Waals surface area (Å²) in [5, 5.41) is 14.2. The summed E-state index contributed by atoms with van der Waals surface area (Å²) in [5.41, 5.74) is 3.93. The van der Waals surface area contributed by atoms with Gasteiger partial charge in [-0.15, -0.1) is 0 Å². The van der Waals surface area contributed by atoms with Crippen LogP contribution >= 0.6 is 0 Å². The third-order valence-corrected chi connectivity index (χ3v) is 9.33. The average molecular weight is 411 g/mol. The maximum absolute atomic E-state index is 9.64. The minimum atomic E-state index is -2.06. The number of aryl methyl sites for hydroxylation is 1. The molecule has 0 aliphatic rings. The number of benzene rings is 3. The fraction of sp³-hybridized carbons (Fsp3) is 0.167. The Kier molecular flexibility index (Phi) is 4.28. The summed E-state index contributed by atoms with van der Waals surface area (Å²) < 4.78 is 1.43. The fourth-order valence-corrected chi connectivity index (χ4v) is 6.80. The Morgan fingerprint density at radius 3 is 2.41 bits per heavy atom. The van der Waals surface area contributed by atoms with Crippen molar-refractivity contribution >= 4 is 39.2 Å². The number of nitriles is 1. The van der Waals surface area contributed by atoms with Gasteiger partial charge in [0.2, 0.25) is 0 Å². The number of hydrogen-bond acceptors (Lipinski definition) is 2. The maximum atomic E-state index is 9.64. The van der Waals surface area contributed by atoms with E-state index in [1.54, 1.807) is 0 Å². The first-order valence-electron chi connectivity index (χ1n) is 9.21. The topological polar surface area (TPSA) is 36.7 Å². The van der Waals surface area contributed by atoms with Crippen molar-refractivity contribution in [3.05, 3.63) is 71.9 Å². The van der Waals surface area contributed by atoms with Crippen LogP contribution in [0.25, 0.3) is 32.8 Å². The van der Waals surface area contributed by atoms with Crippen LogP contribution in [-0.4, -0.2) is 18.3 Å². The molecule has 0 aliphatic carbocycles. The van der Waals surface area contributed by atoms with Crippen molar-refractivity contribution in [1.29, 1.82) is 5.26 Å². The second kappa shape index (κ2) is 6.51. The van der Waals surface area contributed by atoms with E-state index in [1.807, 2.05) is 24.3 Å². The zero-order chi connectivity index (χ0) is 19.2. The molecule has 0 aliphatic heterocycles. The summed E-state index contributed by atoms with van der Waals surface area (Å²) in [6, 6.07) is 21.2. The molecule has 0 radical (unpaired) electrons. The zero-order valence-corrected chi connectivity index (χ0v) is 18.3. The summed E-state index contributed by atoms with van der Waals surface area (Å²) in [6.07, 6.45) is 2.08. The van der Waals surface area contributed by atoms with Gasteiger partial charge in [0, 0.05) is 0 Å². The Morgan fingerprint density at radius 1 is 0.889 bits per heavy atom. The van der Waals surface area contributed by atoms with Crippen LogP contribution < -0.4 is 4.40 Å².